The largest absolute Gasteiger partial charge is 0.358 e. The Morgan fingerprint density at radius 1 is 1.16 bits per heavy atom. The molecule has 1 heterocycles. The molecule has 4 heteroatoms. The Bertz CT molecular complexity index is 909. The zero-order chi connectivity index (χ0) is 17.4. The number of aromatic nitrogens is 1. The van der Waals surface area contributed by atoms with Crippen LogP contribution in [0, 0.1) is 12.7 Å². The summed E-state index contributed by atoms with van der Waals surface area (Å²) >= 11 is 0. The number of nitrogens with one attached hydrogen (secondary N) is 2. The van der Waals surface area contributed by atoms with Crippen LogP contribution in [-0.4, -0.2) is 23.4 Å². The second-order valence-corrected chi connectivity index (χ2v) is 7.01. The molecule has 4 rings (SSSR count). The minimum Gasteiger partial charge on any atom is -0.358 e. The van der Waals surface area contributed by atoms with Gasteiger partial charge in [-0.2, -0.15) is 0 Å². The van der Waals surface area contributed by atoms with Gasteiger partial charge in [0.25, 0.3) is 0 Å². The third kappa shape index (κ3) is 3.35. The van der Waals surface area contributed by atoms with E-state index in [1.165, 1.54) is 17.0 Å². The zero-order valence-corrected chi connectivity index (χ0v) is 14.3. The van der Waals surface area contributed by atoms with Gasteiger partial charge in [0.15, 0.2) is 0 Å². The smallest absolute Gasteiger partial charge is 0.219 e. The quantitative estimate of drug-likeness (QED) is 0.667. The Hall–Kier alpha value is -2.46. The number of para-hydroxylation sites is 1. The fraction of sp³-hybridized carbons (Fsp3) is 0.286. The van der Waals surface area contributed by atoms with Gasteiger partial charge in [-0.15, -0.1) is 0 Å². The number of fused-ring (bicyclic) bond motifs is 1. The van der Waals surface area contributed by atoms with E-state index in [0.29, 0.717) is 12.6 Å². The summed E-state index contributed by atoms with van der Waals surface area (Å²) in [6, 6.07) is 15.1. The van der Waals surface area contributed by atoms with E-state index in [-0.39, 0.29) is 11.6 Å². The SMILES string of the molecule is Cc1[nH]c2ccccc2c1C(=O)C[NH+](Cc1ccc(F)cc1)C1CC1. The maximum atomic E-state index is 13.1. The minimum atomic E-state index is -0.220. The van der Waals surface area contributed by atoms with Crippen molar-refractivity contribution in [2.45, 2.75) is 32.4 Å². The van der Waals surface area contributed by atoms with Crippen molar-refractivity contribution < 1.29 is 14.1 Å². The lowest BCUT2D eigenvalue weighted by Crippen LogP contribution is -3.13. The zero-order valence-electron chi connectivity index (χ0n) is 14.3. The third-order valence-electron chi connectivity index (χ3n) is 5.06. The number of rotatable bonds is 6. The number of halogens is 1. The molecule has 0 spiro atoms. The number of quaternary nitrogens is 1. The maximum absolute atomic E-state index is 13.1. The first-order valence-electron chi connectivity index (χ1n) is 8.81. The second kappa shape index (κ2) is 6.45. The van der Waals surface area contributed by atoms with E-state index in [4.69, 9.17) is 0 Å². The molecule has 0 radical (unpaired) electrons. The van der Waals surface area contributed by atoms with Crippen molar-refractivity contribution in [3.8, 4) is 0 Å². The molecule has 25 heavy (non-hydrogen) atoms. The van der Waals surface area contributed by atoms with Crippen molar-refractivity contribution in [2.75, 3.05) is 6.54 Å². The summed E-state index contributed by atoms with van der Waals surface area (Å²) in [7, 11) is 0. The van der Waals surface area contributed by atoms with Crippen molar-refractivity contribution in [3.05, 3.63) is 71.2 Å². The number of H-pyrrole nitrogens is 1. The van der Waals surface area contributed by atoms with E-state index < -0.39 is 0 Å². The highest BCUT2D eigenvalue weighted by Gasteiger charge is 2.35. The Labute approximate surface area is 146 Å². The lowest BCUT2D eigenvalue weighted by Gasteiger charge is -2.18. The molecule has 1 aliphatic rings. The normalized spacial score (nSPS) is 15.4. The van der Waals surface area contributed by atoms with Crippen molar-refractivity contribution in [1.82, 2.24) is 4.98 Å². The second-order valence-electron chi connectivity index (χ2n) is 7.01. The van der Waals surface area contributed by atoms with Gasteiger partial charge in [0.1, 0.15) is 18.9 Å². The summed E-state index contributed by atoms with van der Waals surface area (Å²) in [5.41, 5.74) is 3.83. The molecular formula is C21H22FN2O+. The van der Waals surface area contributed by atoms with Crippen molar-refractivity contribution >= 4 is 16.7 Å². The Kier molecular flexibility index (Phi) is 4.14. The van der Waals surface area contributed by atoms with Crippen molar-refractivity contribution in [1.29, 1.82) is 0 Å². The van der Waals surface area contributed by atoms with E-state index >= 15 is 0 Å². The van der Waals surface area contributed by atoms with E-state index in [0.717, 1.165) is 47.1 Å². The average Bonchev–Trinajstić information content (AvgIpc) is 3.38. The van der Waals surface area contributed by atoms with Gasteiger partial charge in [-0.05, 0) is 25.1 Å². The predicted octanol–water partition coefficient (Wildman–Crippen LogP) is 3.05. The van der Waals surface area contributed by atoms with Gasteiger partial charge < -0.3 is 9.88 Å². The highest BCUT2D eigenvalue weighted by atomic mass is 19.1. The topological polar surface area (TPSA) is 37.3 Å². The van der Waals surface area contributed by atoms with Gasteiger partial charge in [-0.1, -0.05) is 30.3 Å². The first-order chi connectivity index (χ1) is 12.1. The molecule has 2 N–H and O–H groups in total. The molecule has 0 bridgehead atoms. The first-order valence-corrected chi connectivity index (χ1v) is 8.81. The van der Waals surface area contributed by atoms with Gasteiger partial charge in [0, 0.05) is 35.0 Å². The predicted molar refractivity (Wildman–Crippen MR) is 96.3 cm³/mol. The summed E-state index contributed by atoms with van der Waals surface area (Å²) in [5, 5.41) is 1.00. The number of aryl methyl sites for hydroxylation is 1. The number of hydrogen-bond donors (Lipinski definition) is 2. The molecule has 1 fully saturated rings. The van der Waals surface area contributed by atoms with E-state index in [1.54, 1.807) is 0 Å². The van der Waals surface area contributed by atoms with Crippen LogP contribution >= 0.6 is 0 Å². The van der Waals surface area contributed by atoms with Crippen LogP contribution in [0.5, 0.6) is 0 Å². The number of carbonyl (C=O) groups excluding carboxylic acids is 1. The van der Waals surface area contributed by atoms with Crippen LogP contribution in [0.15, 0.2) is 48.5 Å². The molecule has 1 saturated carbocycles. The lowest BCUT2D eigenvalue weighted by molar-refractivity contribution is -0.916. The van der Waals surface area contributed by atoms with E-state index in [9.17, 15) is 9.18 Å². The minimum absolute atomic E-state index is 0.180. The van der Waals surface area contributed by atoms with E-state index in [1.807, 2.05) is 43.3 Å². The molecule has 1 atom stereocenters. The number of Topliss-reactive ketones (excluding diaryl/α,β-unsaturated/α-hetero) is 1. The van der Waals surface area contributed by atoms with Crippen LogP contribution in [0.1, 0.15) is 34.5 Å². The maximum Gasteiger partial charge on any atom is 0.219 e. The molecular weight excluding hydrogens is 315 g/mol. The molecule has 2 aromatic carbocycles. The first kappa shape index (κ1) is 16.0. The highest BCUT2D eigenvalue weighted by Crippen LogP contribution is 2.22. The summed E-state index contributed by atoms with van der Waals surface area (Å²) < 4.78 is 13.1. The molecule has 3 aromatic rings. The Morgan fingerprint density at radius 2 is 1.88 bits per heavy atom. The molecule has 0 saturated heterocycles. The molecule has 1 unspecified atom stereocenters. The van der Waals surface area contributed by atoms with Crippen molar-refractivity contribution in [3.63, 3.8) is 0 Å². The van der Waals surface area contributed by atoms with Crippen molar-refractivity contribution in [2.24, 2.45) is 0 Å². The van der Waals surface area contributed by atoms with Gasteiger partial charge in [-0.25, -0.2) is 4.39 Å². The molecule has 0 aliphatic heterocycles. The summed E-state index contributed by atoms with van der Waals surface area (Å²) in [6.45, 7) is 3.20. The average molecular weight is 337 g/mol. The summed E-state index contributed by atoms with van der Waals surface area (Å²) in [5.74, 6) is -0.0406. The Morgan fingerprint density at radius 3 is 2.60 bits per heavy atom. The van der Waals surface area contributed by atoms with Crippen LogP contribution < -0.4 is 4.90 Å². The summed E-state index contributed by atoms with van der Waals surface area (Å²) in [4.78, 5) is 17.6. The standard InChI is InChI=1S/C21H21FN2O/c1-14-21(18-4-2-3-5-19(18)23-14)20(25)13-24(17-10-11-17)12-15-6-8-16(22)9-7-15/h2-9,17,23H,10-13H2,1H3/p+1. The van der Waals surface area contributed by atoms with Crippen LogP contribution in [-0.2, 0) is 6.54 Å². The van der Waals surface area contributed by atoms with Gasteiger partial charge >= 0.3 is 0 Å². The molecule has 3 nitrogen and oxygen atoms in total. The van der Waals surface area contributed by atoms with Crippen LogP contribution in [0.3, 0.4) is 0 Å². The number of benzene rings is 2. The third-order valence-corrected chi connectivity index (χ3v) is 5.06. The van der Waals surface area contributed by atoms with Crippen LogP contribution in [0.4, 0.5) is 4.39 Å². The van der Waals surface area contributed by atoms with E-state index in [2.05, 4.69) is 4.98 Å². The summed E-state index contributed by atoms with van der Waals surface area (Å²) in [6.07, 6.45) is 2.33. The highest BCUT2D eigenvalue weighted by molar-refractivity contribution is 6.09. The molecule has 128 valence electrons. The van der Waals surface area contributed by atoms with Gasteiger partial charge in [-0.3, -0.25) is 4.79 Å². The van der Waals surface area contributed by atoms with Crippen LogP contribution in [0.2, 0.25) is 0 Å². The van der Waals surface area contributed by atoms with Gasteiger partial charge in [0.05, 0.1) is 11.6 Å². The Balaban J connectivity index is 1.56. The van der Waals surface area contributed by atoms with Crippen LogP contribution in [0.25, 0.3) is 10.9 Å². The fourth-order valence-electron chi connectivity index (χ4n) is 3.64. The number of aromatic amines is 1. The molecule has 1 aliphatic carbocycles. The number of hydrogen-bond acceptors (Lipinski definition) is 1. The fourth-order valence-corrected chi connectivity index (χ4v) is 3.64. The number of ketones is 1. The number of carbonyl (C=O) groups is 1. The molecule has 1 aromatic heterocycles. The monoisotopic (exact) mass is 337 g/mol. The lowest BCUT2D eigenvalue weighted by atomic mass is 10.1. The molecule has 0 amide bonds. The van der Waals surface area contributed by atoms with Gasteiger partial charge in [0.2, 0.25) is 5.78 Å².